The second-order valence-corrected chi connectivity index (χ2v) is 10.4. The van der Waals surface area contributed by atoms with Crippen molar-refractivity contribution >= 4 is 28.6 Å². The number of amides is 1. The Bertz CT molecular complexity index is 827. The van der Waals surface area contributed by atoms with Gasteiger partial charge < -0.3 is 9.87 Å². The fourth-order valence-electron chi connectivity index (χ4n) is 3.29. The smallest absolute Gasteiger partial charge is 0.255 e. The lowest BCUT2D eigenvalue weighted by Crippen LogP contribution is -2.33. The summed E-state index contributed by atoms with van der Waals surface area (Å²) < 4.78 is 14.8. The molecule has 2 aromatic carbocycles. The van der Waals surface area contributed by atoms with Crippen molar-refractivity contribution in [3.05, 3.63) is 59.2 Å². The second kappa shape index (κ2) is 7.56. The third-order valence-corrected chi connectivity index (χ3v) is 6.73. The van der Waals surface area contributed by atoms with E-state index in [1.54, 1.807) is 24.3 Å². The van der Waals surface area contributed by atoms with Crippen LogP contribution in [0.2, 0.25) is 0 Å². The quantitative estimate of drug-likeness (QED) is 0.720. The van der Waals surface area contributed by atoms with Gasteiger partial charge in [-0.2, -0.15) is 0 Å². The number of nitrogens with one attached hydrogen (secondary N) is 2. The zero-order valence-electron chi connectivity index (χ0n) is 16.6. The van der Waals surface area contributed by atoms with Crippen LogP contribution >= 0.6 is 0 Å². The van der Waals surface area contributed by atoms with E-state index < -0.39 is 11.4 Å². The van der Waals surface area contributed by atoms with Crippen LogP contribution in [0.15, 0.2) is 42.5 Å². The van der Waals surface area contributed by atoms with Gasteiger partial charge in [0, 0.05) is 11.3 Å². The lowest BCUT2D eigenvalue weighted by molar-refractivity contribution is 0.102. The normalized spacial score (nSPS) is 20.1. The average molecular weight is 385 g/mol. The van der Waals surface area contributed by atoms with Crippen molar-refractivity contribution in [2.75, 3.05) is 10.0 Å². The summed E-state index contributed by atoms with van der Waals surface area (Å²) in [5.74, 6) is 1.07. The Morgan fingerprint density at radius 1 is 1.07 bits per heavy atom. The molecule has 4 nitrogen and oxygen atoms in total. The standard InChI is InChI=1S/C22H28N2O2S/c1-14-12-17-13-19(10-11-20(17)15(14)2)23-21(25)16-6-8-18(9-7-16)24-27(26)22(3,4)5/h6-11,13-15,24H,12H2,1-5H3,(H,23,25). The van der Waals surface area contributed by atoms with Gasteiger partial charge in [-0.3, -0.25) is 4.79 Å². The minimum atomic E-state index is -1.19. The Kier molecular flexibility index (Phi) is 5.54. The molecule has 0 bridgehead atoms. The molecule has 5 heteroatoms. The summed E-state index contributed by atoms with van der Waals surface area (Å²) in [6.07, 6.45) is 1.06. The number of rotatable bonds is 4. The molecule has 2 aromatic rings. The summed E-state index contributed by atoms with van der Waals surface area (Å²) in [5.41, 5.74) is 4.86. The van der Waals surface area contributed by atoms with Crippen molar-refractivity contribution in [3.8, 4) is 0 Å². The molecule has 3 unspecified atom stereocenters. The third-order valence-electron chi connectivity index (χ3n) is 5.20. The van der Waals surface area contributed by atoms with Gasteiger partial charge in [-0.05, 0) is 86.6 Å². The Balaban J connectivity index is 1.66. The molecule has 2 N–H and O–H groups in total. The zero-order valence-corrected chi connectivity index (χ0v) is 17.4. The molecule has 144 valence electrons. The van der Waals surface area contributed by atoms with E-state index in [1.165, 1.54) is 11.1 Å². The predicted molar refractivity (Wildman–Crippen MR) is 114 cm³/mol. The van der Waals surface area contributed by atoms with E-state index in [0.29, 0.717) is 17.4 Å². The number of fused-ring (bicyclic) bond motifs is 1. The average Bonchev–Trinajstić information content (AvgIpc) is 2.88. The molecular formula is C22H28N2O2S. The van der Waals surface area contributed by atoms with Gasteiger partial charge in [-0.1, -0.05) is 19.9 Å². The maximum Gasteiger partial charge on any atom is 0.255 e. The Hall–Kier alpha value is -1.98. The summed E-state index contributed by atoms with van der Waals surface area (Å²) in [4.78, 5) is 12.5. The van der Waals surface area contributed by atoms with Crippen molar-refractivity contribution in [2.45, 2.75) is 51.7 Å². The van der Waals surface area contributed by atoms with Gasteiger partial charge in [-0.15, -0.1) is 0 Å². The number of anilines is 2. The van der Waals surface area contributed by atoms with Crippen LogP contribution in [0, 0.1) is 5.92 Å². The Labute approximate surface area is 165 Å². The van der Waals surface area contributed by atoms with Crippen molar-refractivity contribution < 1.29 is 9.35 Å². The molecule has 3 rings (SSSR count). The van der Waals surface area contributed by atoms with Crippen molar-refractivity contribution in [1.29, 1.82) is 0 Å². The van der Waals surface area contributed by atoms with Gasteiger partial charge in [0.1, 0.15) is 4.75 Å². The molecule has 1 amide bonds. The van der Waals surface area contributed by atoms with Gasteiger partial charge in [0.25, 0.3) is 5.91 Å². The summed E-state index contributed by atoms with van der Waals surface area (Å²) in [5, 5.41) is 2.98. The molecule has 0 aliphatic heterocycles. The summed E-state index contributed by atoms with van der Waals surface area (Å²) in [6, 6.07) is 13.3. The Morgan fingerprint density at radius 3 is 2.33 bits per heavy atom. The minimum absolute atomic E-state index is 0.141. The molecule has 0 heterocycles. The highest BCUT2D eigenvalue weighted by Gasteiger charge is 2.27. The van der Waals surface area contributed by atoms with Crippen LogP contribution in [0.4, 0.5) is 11.4 Å². The van der Waals surface area contributed by atoms with E-state index in [2.05, 4.69) is 36.0 Å². The number of hydrogen-bond donors (Lipinski definition) is 2. The van der Waals surface area contributed by atoms with Crippen LogP contribution in [0.5, 0.6) is 0 Å². The number of carbonyl (C=O) groups excluding carboxylic acids is 1. The molecule has 1 aliphatic carbocycles. The highest BCUT2D eigenvalue weighted by Crippen LogP contribution is 2.38. The topological polar surface area (TPSA) is 64.2 Å². The summed E-state index contributed by atoms with van der Waals surface area (Å²) in [7, 11) is 0. The molecule has 0 saturated heterocycles. The minimum Gasteiger partial charge on any atom is -0.593 e. The van der Waals surface area contributed by atoms with Crippen molar-refractivity contribution in [3.63, 3.8) is 0 Å². The highest BCUT2D eigenvalue weighted by molar-refractivity contribution is 7.94. The van der Waals surface area contributed by atoms with E-state index in [4.69, 9.17) is 0 Å². The van der Waals surface area contributed by atoms with E-state index in [9.17, 15) is 9.35 Å². The number of hydrogen-bond acceptors (Lipinski definition) is 3. The molecule has 1 aliphatic rings. The van der Waals surface area contributed by atoms with Gasteiger partial charge in [0.05, 0.1) is 17.0 Å². The third kappa shape index (κ3) is 4.47. The molecule has 0 spiro atoms. The molecule has 27 heavy (non-hydrogen) atoms. The van der Waals surface area contributed by atoms with Gasteiger partial charge in [-0.25, -0.2) is 4.72 Å². The predicted octanol–water partition coefficient (Wildman–Crippen LogP) is 5.11. The Morgan fingerprint density at radius 2 is 1.70 bits per heavy atom. The first-order valence-electron chi connectivity index (χ1n) is 9.38. The first kappa shape index (κ1) is 19.8. The first-order chi connectivity index (χ1) is 12.6. The van der Waals surface area contributed by atoms with E-state index in [1.807, 2.05) is 26.8 Å². The molecule has 0 fully saturated rings. The van der Waals surface area contributed by atoms with Crippen LogP contribution in [-0.2, 0) is 17.8 Å². The number of carbonyl (C=O) groups is 1. The fraction of sp³-hybridized carbons (Fsp3) is 0.409. The van der Waals surface area contributed by atoms with E-state index in [0.717, 1.165) is 17.8 Å². The van der Waals surface area contributed by atoms with Crippen LogP contribution in [0.3, 0.4) is 0 Å². The molecule has 0 radical (unpaired) electrons. The van der Waals surface area contributed by atoms with Crippen LogP contribution in [0.1, 0.15) is 62.0 Å². The maximum absolute atomic E-state index is 12.5. The van der Waals surface area contributed by atoms with E-state index in [-0.39, 0.29) is 10.7 Å². The van der Waals surface area contributed by atoms with Gasteiger partial charge >= 0.3 is 0 Å². The van der Waals surface area contributed by atoms with Crippen LogP contribution in [0.25, 0.3) is 0 Å². The molecule has 0 saturated carbocycles. The van der Waals surface area contributed by atoms with Crippen LogP contribution in [-0.4, -0.2) is 15.2 Å². The van der Waals surface area contributed by atoms with Crippen molar-refractivity contribution in [1.82, 2.24) is 0 Å². The molecular weight excluding hydrogens is 356 g/mol. The SMILES string of the molecule is CC1Cc2cc(NC(=O)c3ccc(N[S+]([O-])C(C)(C)C)cc3)ccc2C1C. The van der Waals surface area contributed by atoms with Crippen molar-refractivity contribution in [2.24, 2.45) is 5.92 Å². The molecule has 3 atom stereocenters. The second-order valence-electron chi connectivity index (χ2n) is 8.40. The lowest BCUT2D eigenvalue weighted by Gasteiger charge is -2.23. The molecule has 0 aromatic heterocycles. The van der Waals surface area contributed by atoms with Gasteiger partial charge in [0.15, 0.2) is 0 Å². The maximum atomic E-state index is 12.5. The van der Waals surface area contributed by atoms with Gasteiger partial charge in [0.2, 0.25) is 0 Å². The largest absolute Gasteiger partial charge is 0.593 e. The lowest BCUT2D eigenvalue weighted by atomic mass is 9.97. The highest BCUT2D eigenvalue weighted by atomic mass is 32.2. The van der Waals surface area contributed by atoms with Crippen LogP contribution < -0.4 is 10.0 Å². The number of benzene rings is 2. The fourth-order valence-corrected chi connectivity index (χ4v) is 3.94. The summed E-state index contributed by atoms with van der Waals surface area (Å²) >= 11 is -1.19. The zero-order chi connectivity index (χ0) is 19.8. The van der Waals surface area contributed by atoms with E-state index >= 15 is 0 Å². The summed E-state index contributed by atoms with van der Waals surface area (Å²) in [6.45, 7) is 10.3. The monoisotopic (exact) mass is 384 g/mol. The first-order valence-corrected chi connectivity index (χ1v) is 10.5.